The van der Waals surface area contributed by atoms with E-state index in [0.717, 1.165) is 5.56 Å². The quantitative estimate of drug-likeness (QED) is 0.510. The summed E-state index contributed by atoms with van der Waals surface area (Å²) < 4.78 is 10.7. The Hall–Kier alpha value is -2.84. The van der Waals surface area contributed by atoms with Crippen molar-refractivity contribution in [2.45, 2.75) is 25.7 Å². The zero-order chi connectivity index (χ0) is 21.5. The Bertz CT molecular complexity index is 1010. The number of aryl methyl sites for hydroxylation is 1. The summed E-state index contributed by atoms with van der Waals surface area (Å²) in [5, 5.41) is 10.7. The molecule has 2 aromatic carbocycles. The van der Waals surface area contributed by atoms with Gasteiger partial charge in [0.05, 0.1) is 5.75 Å². The van der Waals surface area contributed by atoms with E-state index in [0.29, 0.717) is 22.2 Å². The predicted octanol–water partition coefficient (Wildman–Crippen LogP) is 4.50. The Labute approximate surface area is 183 Å². The summed E-state index contributed by atoms with van der Waals surface area (Å²) in [6.45, 7) is 3.51. The topological polar surface area (TPSA) is 94.3 Å². The number of hydrogen-bond acceptors (Lipinski definition) is 7. The SMILES string of the molecule is Cc1ccc(NC(=O)CS[C@H](C)C(=O)OCc2nnc(-c3ccc(Cl)cc3)o2)cc1. The van der Waals surface area contributed by atoms with Crippen LogP contribution in [0.15, 0.2) is 52.9 Å². The van der Waals surface area contributed by atoms with Gasteiger partial charge in [-0.1, -0.05) is 29.3 Å². The number of carbonyl (C=O) groups is 2. The van der Waals surface area contributed by atoms with Crippen molar-refractivity contribution in [1.82, 2.24) is 10.2 Å². The van der Waals surface area contributed by atoms with E-state index in [2.05, 4.69) is 15.5 Å². The van der Waals surface area contributed by atoms with Gasteiger partial charge in [-0.3, -0.25) is 9.59 Å². The number of ether oxygens (including phenoxy) is 1. The van der Waals surface area contributed by atoms with Crippen LogP contribution in [0.2, 0.25) is 5.02 Å². The largest absolute Gasteiger partial charge is 0.455 e. The van der Waals surface area contributed by atoms with Gasteiger partial charge >= 0.3 is 5.97 Å². The van der Waals surface area contributed by atoms with Crippen LogP contribution in [-0.4, -0.2) is 33.1 Å². The highest BCUT2D eigenvalue weighted by Crippen LogP contribution is 2.21. The summed E-state index contributed by atoms with van der Waals surface area (Å²) in [5.41, 5.74) is 2.54. The van der Waals surface area contributed by atoms with Crippen LogP contribution in [0.3, 0.4) is 0 Å². The van der Waals surface area contributed by atoms with E-state index in [9.17, 15) is 9.59 Å². The third-order valence-electron chi connectivity index (χ3n) is 4.03. The Morgan fingerprint density at radius 2 is 1.83 bits per heavy atom. The summed E-state index contributed by atoms with van der Waals surface area (Å²) in [7, 11) is 0. The van der Waals surface area contributed by atoms with E-state index >= 15 is 0 Å². The van der Waals surface area contributed by atoms with Crippen molar-refractivity contribution in [1.29, 1.82) is 0 Å². The van der Waals surface area contributed by atoms with Gasteiger partial charge in [0.2, 0.25) is 11.8 Å². The van der Waals surface area contributed by atoms with Crippen LogP contribution in [-0.2, 0) is 20.9 Å². The molecule has 1 amide bonds. The first-order valence-corrected chi connectivity index (χ1v) is 10.6. The molecule has 0 spiro atoms. The molecular weight excluding hydrogens is 426 g/mol. The molecule has 0 radical (unpaired) electrons. The lowest BCUT2D eigenvalue weighted by Crippen LogP contribution is -2.21. The first kappa shape index (κ1) is 21.9. The van der Waals surface area contributed by atoms with Gasteiger partial charge < -0.3 is 14.5 Å². The molecule has 0 saturated carbocycles. The van der Waals surface area contributed by atoms with E-state index in [1.807, 2.05) is 31.2 Å². The highest BCUT2D eigenvalue weighted by molar-refractivity contribution is 8.01. The third-order valence-corrected chi connectivity index (χ3v) is 5.40. The number of rotatable bonds is 8. The molecule has 3 rings (SSSR count). The monoisotopic (exact) mass is 445 g/mol. The van der Waals surface area contributed by atoms with Crippen molar-refractivity contribution >= 4 is 40.9 Å². The molecule has 156 valence electrons. The first-order valence-electron chi connectivity index (χ1n) is 9.14. The number of esters is 1. The molecule has 0 fully saturated rings. The van der Waals surface area contributed by atoms with Gasteiger partial charge in [-0.25, -0.2) is 0 Å². The molecule has 0 saturated heterocycles. The van der Waals surface area contributed by atoms with Gasteiger partial charge in [0.1, 0.15) is 5.25 Å². The highest BCUT2D eigenvalue weighted by atomic mass is 35.5. The highest BCUT2D eigenvalue weighted by Gasteiger charge is 2.18. The molecule has 7 nitrogen and oxygen atoms in total. The Morgan fingerprint density at radius 1 is 1.13 bits per heavy atom. The van der Waals surface area contributed by atoms with Crippen molar-refractivity contribution in [3.8, 4) is 11.5 Å². The summed E-state index contributed by atoms with van der Waals surface area (Å²) >= 11 is 7.05. The molecule has 1 N–H and O–H groups in total. The van der Waals surface area contributed by atoms with Crippen LogP contribution in [0.5, 0.6) is 0 Å². The van der Waals surface area contributed by atoms with Gasteiger partial charge in [0, 0.05) is 16.3 Å². The van der Waals surface area contributed by atoms with Crippen LogP contribution in [0.4, 0.5) is 5.69 Å². The van der Waals surface area contributed by atoms with Gasteiger partial charge in [-0.2, -0.15) is 0 Å². The van der Waals surface area contributed by atoms with E-state index < -0.39 is 11.2 Å². The molecule has 0 aliphatic rings. The van der Waals surface area contributed by atoms with Crippen molar-refractivity contribution in [3.63, 3.8) is 0 Å². The number of anilines is 1. The molecular formula is C21H20ClN3O4S. The second kappa shape index (κ2) is 10.3. The van der Waals surface area contributed by atoms with Crippen LogP contribution in [0.1, 0.15) is 18.4 Å². The Kier molecular flexibility index (Phi) is 7.48. The standard InChI is InChI=1S/C21H20ClN3O4S/c1-13-3-9-17(10-4-13)23-18(26)12-30-14(2)21(27)28-11-19-24-25-20(29-19)15-5-7-16(22)8-6-15/h3-10,14H,11-12H2,1-2H3,(H,23,26)/t14-/m1/s1. The van der Waals surface area contributed by atoms with E-state index in [1.165, 1.54) is 11.8 Å². The van der Waals surface area contributed by atoms with Crippen LogP contribution in [0, 0.1) is 6.92 Å². The number of carbonyl (C=O) groups excluding carboxylic acids is 2. The molecule has 9 heteroatoms. The third kappa shape index (κ3) is 6.33. The predicted molar refractivity (Wildman–Crippen MR) is 116 cm³/mol. The maximum Gasteiger partial charge on any atom is 0.319 e. The smallest absolute Gasteiger partial charge is 0.319 e. The minimum atomic E-state index is -0.521. The molecule has 3 aromatic rings. The van der Waals surface area contributed by atoms with Crippen LogP contribution in [0.25, 0.3) is 11.5 Å². The summed E-state index contributed by atoms with van der Waals surface area (Å²) in [6.07, 6.45) is 0. The fourth-order valence-corrected chi connectivity index (χ4v) is 3.18. The second-order valence-electron chi connectivity index (χ2n) is 6.48. The van der Waals surface area contributed by atoms with Gasteiger partial charge in [-0.15, -0.1) is 22.0 Å². The van der Waals surface area contributed by atoms with Crippen molar-refractivity contribution < 1.29 is 18.7 Å². The van der Waals surface area contributed by atoms with Crippen molar-refractivity contribution in [3.05, 3.63) is 65.0 Å². The molecule has 1 aromatic heterocycles. The number of hydrogen-bond donors (Lipinski definition) is 1. The van der Waals surface area contributed by atoms with Gasteiger partial charge in [0.15, 0.2) is 6.61 Å². The molecule has 0 unspecified atom stereocenters. The van der Waals surface area contributed by atoms with Crippen molar-refractivity contribution in [2.24, 2.45) is 0 Å². The fourth-order valence-electron chi connectivity index (χ4n) is 2.37. The summed E-state index contributed by atoms with van der Waals surface area (Å²) in [4.78, 5) is 24.2. The number of halogens is 1. The average Bonchev–Trinajstić information content (AvgIpc) is 3.21. The van der Waals surface area contributed by atoms with E-state index in [4.69, 9.17) is 20.8 Å². The lowest BCUT2D eigenvalue weighted by atomic mass is 10.2. The van der Waals surface area contributed by atoms with Crippen LogP contribution < -0.4 is 5.32 Å². The van der Waals surface area contributed by atoms with Crippen LogP contribution >= 0.6 is 23.4 Å². The lowest BCUT2D eigenvalue weighted by molar-refractivity contribution is -0.144. The Morgan fingerprint density at radius 3 is 2.53 bits per heavy atom. The number of nitrogens with zero attached hydrogens (tertiary/aromatic N) is 2. The zero-order valence-corrected chi connectivity index (χ0v) is 18.0. The number of nitrogens with one attached hydrogen (secondary N) is 1. The summed E-state index contributed by atoms with van der Waals surface area (Å²) in [6, 6.07) is 14.4. The number of aromatic nitrogens is 2. The molecule has 0 aliphatic carbocycles. The maximum atomic E-state index is 12.2. The number of amides is 1. The summed E-state index contributed by atoms with van der Waals surface area (Å²) in [5.74, 6) is -0.0243. The lowest BCUT2D eigenvalue weighted by Gasteiger charge is -2.10. The second-order valence-corrected chi connectivity index (χ2v) is 8.25. The molecule has 0 bridgehead atoms. The fraction of sp³-hybridized carbons (Fsp3) is 0.238. The number of thioether (sulfide) groups is 1. The van der Waals surface area contributed by atoms with Gasteiger partial charge in [0.25, 0.3) is 5.89 Å². The van der Waals surface area contributed by atoms with Gasteiger partial charge in [-0.05, 0) is 50.2 Å². The molecule has 30 heavy (non-hydrogen) atoms. The molecule has 1 heterocycles. The van der Waals surface area contributed by atoms with E-state index in [1.54, 1.807) is 31.2 Å². The minimum absolute atomic E-state index is 0.130. The normalized spacial score (nSPS) is 11.7. The Balaban J connectivity index is 1.42. The minimum Gasteiger partial charge on any atom is -0.455 e. The maximum absolute atomic E-state index is 12.2. The average molecular weight is 446 g/mol. The molecule has 1 atom stereocenters. The number of benzene rings is 2. The van der Waals surface area contributed by atoms with Crippen molar-refractivity contribution in [2.75, 3.05) is 11.1 Å². The first-order chi connectivity index (χ1) is 14.4. The molecule has 0 aliphatic heterocycles. The zero-order valence-electron chi connectivity index (χ0n) is 16.4. The van der Waals surface area contributed by atoms with E-state index in [-0.39, 0.29) is 24.2 Å².